The smallest absolute Gasteiger partial charge is 0.186 e. The van der Waals surface area contributed by atoms with Gasteiger partial charge in [-0.3, -0.25) is 0 Å². The molecule has 0 radical (unpaired) electrons. The molecule has 0 aliphatic heterocycles. The molecule has 3 rings (SSSR count). The van der Waals surface area contributed by atoms with Crippen LogP contribution in [0.15, 0.2) is 71.6 Å². The molecule has 0 saturated carbocycles. The van der Waals surface area contributed by atoms with E-state index in [0.717, 1.165) is 16.3 Å². The van der Waals surface area contributed by atoms with Gasteiger partial charge in [0.05, 0.1) is 12.0 Å². The van der Waals surface area contributed by atoms with Crippen molar-refractivity contribution in [2.75, 3.05) is 13.7 Å². The second-order valence-electron chi connectivity index (χ2n) is 5.51. The largest absolute Gasteiger partial charge is 0.497 e. The maximum absolute atomic E-state index is 13.1. The summed E-state index contributed by atoms with van der Waals surface area (Å²) in [7, 11) is -2.06. The molecular weight excluding hydrogens is 322 g/mol. The minimum absolute atomic E-state index is 0.0162. The van der Waals surface area contributed by atoms with Gasteiger partial charge in [0.15, 0.2) is 9.84 Å². The number of hydrogen-bond donors (Lipinski definition) is 1. The Balaban J connectivity index is 2.12. The number of sulfone groups is 1. The molecule has 24 heavy (non-hydrogen) atoms. The summed E-state index contributed by atoms with van der Waals surface area (Å²) in [5, 5.41) is 1.11. The van der Waals surface area contributed by atoms with Crippen molar-refractivity contribution in [3.63, 3.8) is 0 Å². The Morgan fingerprint density at radius 1 is 0.958 bits per heavy atom. The molecule has 0 aliphatic rings. The van der Waals surface area contributed by atoms with Crippen LogP contribution in [0.3, 0.4) is 0 Å². The molecule has 3 aromatic carbocycles. The van der Waals surface area contributed by atoms with Crippen LogP contribution in [-0.4, -0.2) is 22.1 Å². The SMILES string of the molecule is COc1ccc(S(=O)(=O)[C@@H](CN)c2cccc3ccccc23)cc1. The molecule has 0 aliphatic carbocycles. The lowest BCUT2D eigenvalue weighted by molar-refractivity contribution is 0.414. The van der Waals surface area contributed by atoms with Crippen molar-refractivity contribution in [1.29, 1.82) is 0 Å². The van der Waals surface area contributed by atoms with Crippen molar-refractivity contribution in [2.45, 2.75) is 10.1 Å². The normalized spacial score (nSPS) is 12.9. The summed E-state index contributed by atoms with van der Waals surface area (Å²) in [6.45, 7) is 0.0162. The fourth-order valence-electron chi connectivity index (χ4n) is 2.88. The molecule has 0 fully saturated rings. The van der Waals surface area contributed by atoms with Crippen LogP contribution in [0.4, 0.5) is 0 Å². The van der Waals surface area contributed by atoms with Gasteiger partial charge in [-0.1, -0.05) is 42.5 Å². The summed E-state index contributed by atoms with van der Waals surface area (Å²) in [4.78, 5) is 0.242. The second kappa shape index (κ2) is 6.63. The molecule has 124 valence electrons. The zero-order chi connectivity index (χ0) is 17.2. The Labute approximate surface area is 141 Å². The topological polar surface area (TPSA) is 69.4 Å². The standard InChI is InChI=1S/C19H19NO3S/c1-23-15-9-11-16(12-10-15)24(21,22)19(13-20)18-8-4-6-14-5-2-3-7-17(14)18/h2-12,19H,13,20H2,1H3/t19-/m0/s1. The fourth-order valence-corrected chi connectivity index (χ4v) is 4.52. The van der Waals surface area contributed by atoms with Gasteiger partial charge in [-0.25, -0.2) is 8.42 Å². The van der Waals surface area contributed by atoms with Crippen LogP contribution < -0.4 is 10.5 Å². The van der Waals surface area contributed by atoms with Crippen molar-refractivity contribution >= 4 is 20.6 Å². The molecule has 0 saturated heterocycles. The van der Waals surface area contributed by atoms with Gasteiger partial charge in [0, 0.05) is 6.54 Å². The van der Waals surface area contributed by atoms with Crippen LogP contribution in [-0.2, 0) is 9.84 Å². The lowest BCUT2D eigenvalue weighted by atomic mass is 10.0. The van der Waals surface area contributed by atoms with Crippen LogP contribution in [0.25, 0.3) is 10.8 Å². The fraction of sp³-hybridized carbons (Fsp3) is 0.158. The molecule has 2 N–H and O–H groups in total. The van der Waals surface area contributed by atoms with Gasteiger partial charge >= 0.3 is 0 Å². The number of fused-ring (bicyclic) bond motifs is 1. The minimum Gasteiger partial charge on any atom is -0.497 e. The van der Waals surface area contributed by atoms with E-state index < -0.39 is 15.1 Å². The summed E-state index contributed by atoms with van der Waals surface area (Å²) in [5.74, 6) is 0.614. The third kappa shape index (κ3) is 2.88. The van der Waals surface area contributed by atoms with E-state index in [-0.39, 0.29) is 11.4 Å². The van der Waals surface area contributed by atoms with E-state index in [9.17, 15) is 8.42 Å². The van der Waals surface area contributed by atoms with E-state index >= 15 is 0 Å². The lowest BCUT2D eigenvalue weighted by Gasteiger charge is -2.18. The third-order valence-corrected chi connectivity index (χ3v) is 6.27. The van der Waals surface area contributed by atoms with E-state index in [1.54, 1.807) is 31.4 Å². The van der Waals surface area contributed by atoms with Gasteiger partial charge in [-0.2, -0.15) is 0 Å². The number of rotatable bonds is 5. The lowest BCUT2D eigenvalue weighted by Crippen LogP contribution is -2.22. The molecule has 4 nitrogen and oxygen atoms in total. The minimum atomic E-state index is -3.60. The first kappa shape index (κ1) is 16.5. The first-order valence-electron chi connectivity index (χ1n) is 7.63. The van der Waals surface area contributed by atoms with Crippen LogP contribution in [0.2, 0.25) is 0 Å². The molecule has 0 aromatic heterocycles. The van der Waals surface area contributed by atoms with Crippen LogP contribution >= 0.6 is 0 Å². The molecule has 0 spiro atoms. The summed E-state index contributed by atoms with van der Waals surface area (Å²) < 4.78 is 31.3. The van der Waals surface area contributed by atoms with E-state index in [1.165, 1.54) is 0 Å². The molecule has 5 heteroatoms. The Hall–Kier alpha value is -2.37. The Morgan fingerprint density at radius 2 is 1.62 bits per heavy atom. The highest BCUT2D eigenvalue weighted by Gasteiger charge is 2.29. The first-order valence-corrected chi connectivity index (χ1v) is 9.18. The van der Waals surface area contributed by atoms with Crippen molar-refractivity contribution in [1.82, 2.24) is 0 Å². The van der Waals surface area contributed by atoms with Gasteiger partial charge in [0.25, 0.3) is 0 Å². The molecule has 3 aromatic rings. The predicted octanol–water partition coefficient (Wildman–Crippen LogP) is 3.32. The second-order valence-corrected chi connectivity index (χ2v) is 7.64. The highest BCUT2D eigenvalue weighted by molar-refractivity contribution is 7.91. The van der Waals surface area contributed by atoms with Gasteiger partial charge in [-0.05, 0) is 40.6 Å². The molecule has 0 heterocycles. The quantitative estimate of drug-likeness (QED) is 0.773. The summed E-state index contributed by atoms with van der Waals surface area (Å²) in [5.41, 5.74) is 6.60. The van der Waals surface area contributed by atoms with E-state index in [4.69, 9.17) is 10.5 Å². The van der Waals surface area contributed by atoms with Crippen molar-refractivity contribution < 1.29 is 13.2 Å². The Bertz CT molecular complexity index is 945. The molecule has 0 unspecified atom stereocenters. The predicted molar refractivity (Wildman–Crippen MR) is 95.9 cm³/mol. The number of nitrogens with two attached hydrogens (primary N) is 1. The zero-order valence-electron chi connectivity index (χ0n) is 13.3. The number of ether oxygens (including phenoxy) is 1. The highest BCUT2D eigenvalue weighted by Crippen LogP contribution is 2.33. The van der Waals surface area contributed by atoms with Gasteiger partial charge < -0.3 is 10.5 Å². The first-order chi connectivity index (χ1) is 11.6. The Morgan fingerprint density at radius 3 is 2.29 bits per heavy atom. The van der Waals surface area contributed by atoms with Crippen molar-refractivity contribution in [3.8, 4) is 5.75 Å². The summed E-state index contributed by atoms with van der Waals surface area (Å²) >= 11 is 0. The van der Waals surface area contributed by atoms with Gasteiger partial charge in [0.1, 0.15) is 11.0 Å². The summed E-state index contributed by atoms with van der Waals surface area (Å²) in [6.07, 6.45) is 0. The molecular formula is C19H19NO3S. The van der Waals surface area contributed by atoms with E-state index in [1.807, 2.05) is 42.5 Å². The number of methoxy groups -OCH3 is 1. The maximum Gasteiger partial charge on any atom is 0.186 e. The molecule has 0 amide bonds. The van der Waals surface area contributed by atoms with E-state index in [2.05, 4.69) is 0 Å². The van der Waals surface area contributed by atoms with Gasteiger partial charge in [0.2, 0.25) is 0 Å². The number of benzene rings is 3. The van der Waals surface area contributed by atoms with Crippen molar-refractivity contribution in [3.05, 3.63) is 72.3 Å². The highest BCUT2D eigenvalue weighted by atomic mass is 32.2. The third-order valence-electron chi connectivity index (χ3n) is 4.15. The zero-order valence-corrected chi connectivity index (χ0v) is 14.2. The monoisotopic (exact) mass is 341 g/mol. The van der Waals surface area contributed by atoms with Gasteiger partial charge in [-0.15, -0.1) is 0 Å². The average molecular weight is 341 g/mol. The summed E-state index contributed by atoms with van der Waals surface area (Å²) in [6, 6.07) is 19.8. The van der Waals surface area contributed by atoms with E-state index in [0.29, 0.717) is 5.75 Å². The van der Waals surface area contributed by atoms with Crippen molar-refractivity contribution in [2.24, 2.45) is 5.73 Å². The van der Waals surface area contributed by atoms with Crippen LogP contribution in [0.5, 0.6) is 5.75 Å². The van der Waals surface area contributed by atoms with Crippen LogP contribution in [0, 0.1) is 0 Å². The number of hydrogen-bond acceptors (Lipinski definition) is 4. The Kier molecular flexibility index (Phi) is 4.55. The average Bonchev–Trinajstić information content (AvgIpc) is 2.62. The molecule has 0 bridgehead atoms. The molecule has 1 atom stereocenters. The maximum atomic E-state index is 13.1. The van der Waals surface area contributed by atoms with Crippen LogP contribution in [0.1, 0.15) is 10.8 Å².